The van der Waals surface area contributed by atoms with Gasteiger partial charge < -0.3 is 25.3 Å². The Morgan fingerprint density at radius 3 is 2.40 bits per heavy atom. The van der Waals surface area contributed by atoms with Crippen molar-refractivity contribution in [2.75, 3.05) is 33.9 Å². The maximum absolute atomic E-state index is 6.34. The van der Waals surface area contributed by atoms with Gasteiger partial charge in [-0.25, -0.2) is 0 Å². The molecule has 0 aromatic heterocycles. The molecule has 0 radical (unpaired) electrons. The standard InChI is InChI=1S/C15H30N2O3/c1-14(16,10-18-3)15(2,19-4)20-13-7-12(8-17-9-13)11-5-6-11/h11-13,17H,5-10,16H2,1-4H3. The number of hydrogen-bond acceptors (Lipinski definition) is 5. The summed E-state index contributed by atoms with van der Waals surface area (Å²) >= 11 is 0. The number of ether oxygens (including phenoxy) is 3. The average Bonchev–Trinajstić information content (AvgIpc) is 3.23. The Bertz CT molecular complexity index is 320. The van der Waals surface area contributed by atoms with Gasteiger partial charge in [0.05, 0.1) is 18.2 Å². The highest BCUT2D eigenvalue weighted by Gasteiger charge is 2.46. The zero-order valence-electron chi connectivity index (χ0n) is 13.3. The summed E-state index contributed by atoms with van der Waals surface area (Å²) in [5.41, 5.74) is 5.65. The van der Waals surface area contributed by atoms with E-state index in [9.17, 15) is 0 Å². The molecule has 0 bridgehead atoms. The van der Waals surface area contributed by atoms with Crippen LogP contribution in [0.15, 0.2) is 0 Å². The molecule has 1 heterocycles. The van der Waals surface area contributed by atoms with Crippen molar-refractivity contribution >= 4 is 0 Å². The molecule has 1 saturated heterocycles. The first kappa shape index (κ1) is 16.2. The quantitative estimate of drug-likeness (QED) is 0.687. The monoisotopic (exact) mass is 286 g/mol. The van der Waals surface area contributed by atoms with Crippen LogP contribution in [0.3, 0.4) is 0 Å². The highest BCUT2D eigenvalue weighted by molar-refractivity contribution is 4.95. The van der Waals surface area contributed by atoms with E-state index in [4.69, 9.17) is 19.9 Å². The molecule has 20 heavy (non-hydrogen) atoms. The maximum Gasteiger partial charge on any atom is 0.185 e. The summed E-state index contributed by atoms with van der Waals surface area (Å²) in [7, 11) is 3.29. The largest absolute Gasteiger partial charge is 0.383 e. The van der Waals surface area contributed by atoms with Crippen molar-refractivity contribution in [3.8, 4) is 0 Å². The fourth-order valence-electron chi connectivity index (χ4n) is 3.12. The first-order valence-electron chi connectivity index (χ1n) is 7.63. The Morgan fingerprint density at radius 1 is 1.15 bits per heavy atom. The van der Waals surface area contributed by atoms with Crippen LogP contribution in [0.1, 0.15) is 33.1 Å². The molecule has 2 rings (SSSR count). The zero-order chi connectivity index (χ0) is 14.8. The van der Waals surface area contributed by atoms with Crippen LogP contribution in [0.2, 0.25) is 0 Å². The highest BCUT2D eigenvalue weighted by Crippen LogP contribution is 2.40. The van der Waals surface area contributed by atoms with Crippen molar-refractivity contribution in [2.45, 2.75) is 50.5 Å². The van der Waals surface area contributed by atoms with E-state index in [0.717, 1.165) is 31.3 Å². The second-order valence-electron chi connectivity index (χ2n) is 6.73. The maximum atomic E-state index is 6.34. The molecule has 0 spiro atoms. The van der Waals surface area contributed by atoms with Crippen molar-refractivity contribution in [1.29, 1.82) is 0 Å². The van der Waals surface area contributed by atoms with Gasteiger partial charge in [-0.2, -0.15) is 0 Å². The Morgan fingerprint density at radius 2 is 1.85 bits per heavy atom. The van der Waals surface area contributed by atoms with Gasteiger partial charge in [-0.3, -0.25) is 0 Å². The van der Waals surface area contributed by atoms with Crippen molar-refractivity contribution in [2.24, 2.45) is 17.6 Å². The molecule has 5 heteroatoms. The van der Waals surface area contributed by atoms with Gasteiger partial charge in [-0.1, -0.05) is 0 Å². The van der Waals surface area contributed by atoms with E-state index in [0.29, 0.717) is 6.61 Å². The molecule has 3 N–H and O–H groups in total. The minimum atomic E-state index is -0.846. The number of hydrogen-bond donors (Lipinski definition) is 2. The molecule has 4 unspecified atom stereocenters. The molecule has 0 amide bonds. The molecular weight excluding hydrogens is 256 g/mol. The van der Waals surface area contributed by atoms with Gasteiger partial charge in [0.25, 0.3) is 0 Å². The van der Waals surface area contributed by atoms with Crippen LogP contribution in [0.25, 0.3) is 0 Å². The third-order valence-corrected chi connectivity index (χ3v) is 4.90. The second kappa shape index (κ2) is 6.28. The molecule has 1 aliphatic heterocycles. The lowest BCUT2D eigenvalue weighted by Gasteiger charge is -2.45. The molecule has 2 fully saturated rings. The molecule has 2 aliphatic rings. The summed E-state index contributed by atoms with van der Waals surface area (Å²) in [6, 6.07) is 0. The van der Waals surface area contributed by atoms with E-state index in [1.165, 1.54) is 12.8 Å². The Labute approximate surface area is 122 Å². The van der Waals surface area contributed by atoms with Gasteiger partial charge in [-0.15, -0.1) is 0 Å². The average molecular weight is 286 g/mol. The third kappa shape index (κ3) is 3.52. The Balaban J connectivity index is 1.97. The van der Waals surface area contributed by atoms with Gasteiger partial charge in [-0.05, 0) is 51.5 Å². The molecule has 0 aromatic carbocycles. The topological polar surface area (TPSA) is 65.7 Å². The molecule has 4 atom stereocenters. The first-order valence-corrected chi connectivity index (χ1v) is 7.63. The number of nitrogens with one attached hydrogen (secondary N) is 1. The van der Waals surface area contributed by atoms with Gasteiger partial charge >= 0.3 is 0 Å². The van der Waals surface area contributed by atoms with Crippen LogP contribution < -0.4 is 11.1 Å². The van der Waals surface area contributed by atoms with Gasteiger partial charge in [0, 0.05) is 20.8 Å². The van der Waals surface area contributed by atoms with Gasteiger partial charge in [0.1, 0.15) is 0 Å². The fraction of sp³-hybridized carbons (Fsp3) is 1.00. The lowest BCUT2D eigenvalue weighted by molar-refractivity contribution is -0.277. The SMILES string of the molecule is COCC(C)(N)C(C)(OC)OC1CNCC(C2CC2)C1. The summed E-state index contributed by atoms with van der Waals surface area (Å²) < 4.78 is 17.1. The molecular formula is C15H30N2O3. The lowest BCUT2D eigenvalue weighted by Crippen LogP contribution is -2.64. The zero-order valence-corrected chi connectivity index (χ0v) is 13.3. The summed E-state index contributed by atoms with van der Waals surface area (Å²) in [4.78, 5) is 0. The summed E-state index contributed by atoms with van der Waals surface area (Å²) in [6.45, 7) is 6.20. The summed E-state index contributed by atoms with van der Waals surface area (Å²) in [5.74, 6) is 0.785. The van der Waals surface area contributed by atoms with E-state index in [2.05, 4.69) is 5.32 Å². The van der Waals surface area contributed by atoms with E-state index in [1.807, 2.05) is 13.8 Å². The molecule has 0 aromatic rings. The highest BCUT2D eigenvalue weighted by atomic mass is 16.7. The summed E-state index contributed by atoms with van der Waals surface area (Å²) in [6.07, 6.45) is 4.00. The summed E-state index contributed by atoms with van der Waals surface area (Å²) in [5, 5.41) is 3.48. The first-order chi connectivity index (χ1) is 9.42. The number of piperidine rings is 1. The van der Waals surface area contributed by atoms with Gasteiger partial charge in [0.2, 0.25) is 0 Å². The second-order valence-corrected chi connectivity index (χ2v) is 6.73. The smallest absolute Gasteiger partial charge is 0.185 e. The van der Waals surface area contributed by atoms with E-state index in [1.54, 1.807) is 14.2 Å². The Kier molecular flexibility index (Phi) is 5.08. The van der Waals surface area contributed by atoms with Crippen LogP contribution in [0.5, 0.6) is 0 Å². The molecule has 1 aliphatic carbocycles. The van der Waals surface area contributed by atoms with Crippen LogP contribution in [-0.4, -0.2) is 51.3 Å². The number of rotatable bonds is 7. The van der Waals surface area contributed by atoms with Crippen LogP contribution in [0, 0.1) is 11.8 Å². The number of methoxy groups -OCH3 is 2. The van der Waals surface area contributed by atoms with Crippen LogP contribution in [0.4, 0.5) is 0 Å². The predicted octanol–water partition coefficient (Wildman–Crippen LogP) is 1.12. The van der Waals surface area contributed by atoms with Crippen molar-refractivity contribution in [1.82, 2.24) is 5.32 Å². The van der Waals surface area contributed by atoms with E-state index in [-0.39, 0.29) is 6.10 Å². The van der Waals surface area contributed by atoms with E-state index < -0.39 is 11.3 Å². The van der Waals surface area contributed by atoms with Crippen molar-refractivity contribution < 1.29 is 14.2 Å². The Hall–Kier alpha value is -0.200. The van der Waals surface area contributed by atoms with Crippen molar-refractivity contribution in [3.63, 3.8) is 0 Å². The third-order valence-electron chi connectivity index (χ3n) is 4.90. The normalized spacial score (nSPS) is 33.5. The predicted molar refractivity (Wildman–Crippen MR) is 78.5 cm³/mol. The molecule has 5 nitrogen and oxygen atoms in total. The minimum absolute atomic E-state index is 0.152. The van der Waals surface area contributed by atoms with Gasteiger partial charge in [0.15, 0.2) is 5.79 Å². The van der Waals surface area contributed by atoms with E-state index >= 15 is 0 Å². The molecule has 1 saturated carbocycles. The van der Waals surface area contributed by atoms with Crippen molar-refractivity contribution in [3.05, 3.63) is 0 Å². The van der Waals surface area contributed by atoms with Crippen LogP contribution >= 0.6 is 0 Å². The molecule has 118 valence electrons. The fourth-order valence-corrected chi connectivity index (χ4v) is 3.12. The minimum Gasteiger partial charge on any atom is -0.383 e. The lowest BCUT2D eigenvalue weighted by atomic mass is 9.90. The number of nitrogens with two attached hydrogens (primary N) is 1. The van der Waals surface area contributed by atoms with Crippen LogP contribution in [-0.2, 0) is 14.2 Å².